The smallest absolute Gasteiger partial charge is 0.224 e. The lowest BCUT2D eigenvalue weighted by molar-refractivity contribution is -0.116. The van der Waals surface area contributed by atoms with Gasteiger partial charge >= 0.3 is 0 Å². The minimum atomic E-state index is 0.0678. The summed E-state index contributed by atoms with van der Waals surface area (Å²) in [5.74, 6) is 1.45. The van der Waals surface area contributed by atoms with Gasteiger partial charge in [-0.15, -0.1) is 0 Å². The predicted molar refractivity (Wildman–Crippen MR) is 94.1 cm³/mol. The van der Waals surface area contributed by atoms with Gasteiger partial charge in [0.2, 0.25) is 5.91 Å². The summed E-state index contributed by atoms with van der Waals surface area (Å²) >= 11 is 0. The van der Waals surface area contributed by atoms with Crippen LogP contribution in [0.25, 0.3) is 0 Å². The molecule has 0 aromatic heterocycles. The van der Waals surface area contributed by atoms with Gasteiger partial charge in [0.1, 0.15) is 12.4 Å². The van der Waals surface area contributed by atoms with Crippen molar-refractivity contribution in [1.82, 2.24) is 10.2 Å². The van der Waals surface area contributed by atoms with Crippen LogP contribution in [0.3, 0.4) is 0 Å². The molecule has 1 heterocycles. The molecule has 1 saturated heterocycles. The summed E-state index contributed by atoms with van der Waals surface area (Å²) in [6.07, 6.45) is 2.69. The SMILES string of the molecule is Cc1ccc(NC(=O)CCC2CCNC2)c(OCCN(C)C)c1. The molecule has 0 saturated carbocycles. The molecule has 1 aliphatic heterocycles. The van der Waals surface area contributed by atoms with Gasteiger partial charge in [0.15, 0.2) is 0 Å². The maximum Gasteiger partial charge on any atom is 0.224 e. The molecule has 1 unspecified atom stereocenters. The number of rotatable bonds is 8. The van der Waals surface area contributed by atoms with Crippen LogP contribution in [0.1, 0.15) is 24.8 Å². The van der Waals surface area contributed by atoms with Gasteiger partial charge in [-0.1, -0.05) is 6.07 Å². The van der Waals surface area contributed by atoms with Gasteiger partial charge in [0, 0.05) is 13.0 Å². The molecular formula is C18H29N3O2. The highest BCUT2D eigenvalue weighted by Crippen LogP contribution is 2.26. The molecule has 2 N–H and O–H groups in total. The summed E-state index contributed by atoms with van der Waals surface area (Å²) in [6, 6.07) is 5.90. The number of nitrogens with zero attached hydrogens (tertiary/aromatic N) is 1. The van der Waals surface area contributed by atoms with E-state index in [0.717, 1.165) is 43.1 Å². The summed E-state index contributed by atoms with van der Waals surface area (Å²) < 4.78 is 5.84. The lowest BCUT2D eigenvalue weighted by atomic mass is 10.0. The van der Waals surface area contributed by atoms with Gasteiger partial charge in [-0.2, -0.15) is 0 Å². The monoisotopic (exact) mass is 319 g/mol. The number of hydrogen-bond acceptors (Lipinski definition) is 4. The second-order valence-electron chi connectivity index (χ2n) is 6.60. The normalized spacial score (nSPS) is 17.5. The first-order chi connectivity index (χ1) is 11.0. The lowest BCUT2D eigenvalue weighted by Gasteiger charge is -2.15. The Bertz CT molecular complexity index is 511. The summed E-state index contributed by atoms with van der Waals surface area (Å²) in [6.45, 7) is 5.59. The first-order valence-corrected chi connectivity index (χ1v) is 8.43. The number of benzene rings is 1. The Morgan fingerprint density at radius 1 is 1.43 bits per heavy atom. The standard InChI is InChI=1S/C18H29N3O2/c1-14-4-6-16(17(12-14)23-11-10-21(2)3)20-18(22)7-5-15-8-9-19-13-15/h4,6,12,15,19H,5,7-11,13H2,1-3H3,(H,20,22). The van der Waals surface area contributed by atoms with Crippen molar-refractivity contribution in [3.63, 3.8) is 0 Å². The Morgan fingerprint density at radius 2 is 2.26 bits per heavy atom. The number of amides is 1. The van der Waals surface area contributed by atoms with Crippen LogP contribution in [0.4, 0.5) is 5.69 Å². The van der Waals surface area contributed by atoms with Gasteiger partial charge in [0.25, 0.3) is 0 Å². The lowest BCUT2D eigenvalue weighted by Crippen LogP contribution is -2.20. The van der Waals surface area contributed by atoms with Crippen molar-refractivity contribution in [2.75, 3.05) is 45.7 Å². The van der Waals surface area contributed by atoms with Crippen molar-refractivity contribution >= 4 is 11.6 Å². The van der Waals surface area contributed by atoms with Crippen LogP contribution in [0.5, 0.6) is 5.75 Å². The van der Waals surface area contributed by atoms with Crippen LogP contribution < -0.4 is 15.4 Å². The van der Waals surface area contributed by atoms with E-state index in [1.165, 1.54) is 6.42 Å². The fourth-order valence-corrected chi connectivity index (χ4v) is 2.70. The first kappa shape index (κ1) is 17.8. The van der Waals surface area contributed by atoms with E-state index in [4.69, 9.17) is 4.74 Å². The molecule has 1 fully saturated rings. The maximum atomic E-state index is 12.2. The molecule has 1 aromatic carbocycles. The number of aryl methyl sites for hydroxylation is 1. The minimum absolute atomic E-state index is 0.0678. The number of ether oxygens (including phenoxy) is 1. The molecule has 2 rings (SSSR count). The maximum absolute atomic E-state index is 12.2. The number of carbonyl (C=O) groups excluding carboxylic acids is 1. The van der Waals surface area contributed by atoms with Crippen LogP contribution in [0.2, 0.25) is 0 Å². The van der Waals surface area contributed by atoms with E-state index in [2.05, 4.69) is 15.5 Å². The largest absolute Gasteiger partial charge is 0.490 e. The molecule has 128 valence electrons. The Hall–Kier alpha value is -1.59. The van der Waals surface area contributed by atoms with Gasteiger partial charge in [-0.05, 0) is 70.6 Å². The number of anilines is 1. The molecule has 1 aliphatic rings. The van der Waals surface area contributed by atoms with Gasteiger partial charge in [-0.25, -0.2) is 0 Å². The zero-order valence-corrected chi connectivity index (χ0v) is 14.5. The van der Waals surface area contributed by atoms with Crippen molar-refractivity contribution in [3.8, 4) is 5.75 Å². The topological polar surface area (TPSA) is 53.6 Å². The van der Waals surface area contributed by atoms with Crippen molar-refractivity contribution in [3.05, 3.63) is 23.8 Å². The van der Waals surface area contributed by atoms with Crippen molar-refractivity contribution in [2.45, 2.75) is 26.2 Å². The van der Waals surface area contributed by atoms with Crippen LogP contribution in [-0.4, -0.2) is 51.1 Å². The zero-order valence-electron chi connectivity index (χ0n) is 14.5. The van der Waals surface area contributed by atoms with E-state index in [9.17, 15) is 4.79 Å². The van der Waals surface area contributed by atoms with Crippen LogP contribution in [0, 0.1) is 12.8 Å². The molecule has 5 heteroatoms. The predicted octanol–water partition coefficient (Wildman–Crippen LogP) is 2.26. The molecule has 1 amide bonds. The van der Waals surface area contributed by atoms with E-state index in [-0.39, 0.29) is 5.91 Å². The molecule has 5 nitrogen and oxygen atoms in total. The minimum Gasteiger partial charge on any atom is -0.490 e. The molecule has 1 atom stereocenters. The number of likely N-dealkylation sites (N-methyl/N-ethyl adjacent to an activating group) is 1. The molecule has 0 radical (unpaired) electrons. The van der Waals surface area contributed by atoms with Crippen molar-refractivity contribution in [2.24, 2.45) is 5.92 Å². The molecule has 1 aromatic rings. The summed E-state index contributed by atoms with van der Waals surface area (Å²) in [7, 11) is 4.03. The van der Waals surface area contributed by atoms with Crippen molar-refractivity contribution in [1.29, 1.82) is 0 Å². The highest BCUT2D eigenvalue weighted by Gasteiger charge is 2.16. The van der Waals surface area contributed by atoms with Gasteiger partial charge < -0.3 is 20.3 Å². The van der Waals surface area contributed by atoms with E-state index in [0.29, 0.717) is 18.9 Å². The Morgan fingerprint density at radius 3 is 2.96 bits per heavy atom. The number of carbonyl (C=O) groups is 1. The fraction of sp³-hybridized carbons (Fsp3) is 0.611. The molecule has 0 bridgehead atoms. The third kappa shape index (κ3) is 6.20. The fourth-order valence-electron chi connectivity index (χ4n) is 2.70. The quantitative estimate of drug-likeness (QED) is 0.772. The van der Waals surface area contributed by atoms with Gasteiger partial charge in [0.05, 0.1) is 5.69 Å². The third-order valence-electron chi connectivity index (χ3n) is 4.15. The Balaban J connectivity index is 1.88. The second kappa shape index (κ2) is 8.89. The van der Waals surface area contributed by atoms with Crippen molar-refractivity contribution < 1.29 is 9.53 Å². The first-order valence-electron chi connectivity index (χ1n) is 8.43. The summed E-state index contributed by atoms with van der Waals surface area (Å²) in [5.41, 5.74) is 1.89. The zero-order chi connectivity index (χ0) is 16.7. The molecular weight excluding hydrogens is 290 g/mol. The Labute approximate surface area is 139 Å². The highest BCUT2D eigenvalue weighted by molar-refractivity contribution is 5.92. The third-order valence-corrected chi connectivity index (χ3v) is 4.15. The van der Waals surface area contributed by atoms with Gasteiger partial charge in [-0.3, -0.25) is 4.79 Å². The van der Waals surface area contributed by atoms with E-state index >= 15 is 0 Å². The summed E-state index contributed by atoms with van der Waals surface area (Å²) in [5, 5.41) is 6.34. The second-order valence-corrected chi connectivity index (χ2v) is 6.60. The number of hydrogen-bond donors (Lipinski definition) is 2. The average molecular weight is 319 g/mol. The van der Waals surface area contributed by atoms with Crippen LogP contribution >= 0.6 is 0 Å². The summed E-state index contributed by atoms with van der Waals surface area (Å²) in [4.78, 5) is 14.3. The molecule has 23 heavy (non-hydrogen) atoms. The van der Waals surface area contributed by atoms with Crippen LogP contribution in [0.15, 0.2) is 18.2 Å². The average Bonchev–Trinajstić information content (AvgIpc) is 3.01. The Kier molecular flexibility index (Phi) is 6.86. The molecule has 0 spiro atoms. The molecule has 0 aliphatic carbocycles. The van der Waals surface area contributed by atoms with E-state index < -0.39 is 0 Å². The highest BCUT2D eigenvalue weighted by atomic mass is 16.5. The van der Waals surface area contributed by atoms with E-state index in [1.807, 2.05) is 39.2 Å². The van der Waals surface area contributed by atoms with E-state index in [1.54, 1.807) is 0 Å². The van der Waals surface area contributed by atoms with Crippen LogP contribution in [-0.2, 0) is 4.79 Å². The number of nitrogens with one attached hydrogen (secondary N) is 2.